The summed E-state index contributed by atoms with van der Waals surface area (Å²) in [6.45, 7) is 2.06. The summed E-state index contributed by atoms with van der Waals surface area (Å²) < 4.78 is 0. The number of hydrogen-bond acceptors (Lipinski definition) is 3. The molecule has 3 heteroatoms. The molecular formula is C9H17N3. The van der Waals surface area contributed by atoms with Gasteiger partial charge in [0.25, 0.3) is 0 Å². The molecular weight excluding hydrogens is 150 g/mol. The van der Waals surface area contributed by atoms with Crippen LogP contribution in [-0.2, 0) is 0 Å². The molecule has 3 nitrogen and oxygen atoms in total. The molecule has 1 rings (SSSR count). The lowest BCUT2D eigenvalue weighted by molar-refractivity contribution is 0.608. The highest BCUT2D eigenvalue weighted by atomic mass is 15.1. The second-order valence-corrected chi connectivity index (χ2v) is 3.28. The van der Waals surface area contributed by atoms with Gasteiger partial charge in [-0.25, -0.2) is 0 Å². The Labute approximate surface area is 73.8 Å². The first kappa shape index (κ1) is 9.23. The molecule has 12 heavy (non-hydrogen) atoms. The SMILES string of the molecule is CN=C(C)C1CCCC/C1=N\N. The third-order valence-corrected chi connectivity index (χ3v) is 2.60. The first-order valence-corrected chi connectivity index (χ1v) is 4.49. The summed E-state index contributed by atoms with van der Waals surface area (Å²) in [5.41, 5.74) is 2.29. The minimum atomic E-state index is 0.425. The fourth-order valence-electron chi connectivity index (χ4n) is 1.76. The van der Waals surface area contributed by atoms with E-state index in [9.17, 15) is 0 Å². The largest absolute Gasteiger partial charge is 0.323 e. The maximum absolute atomic E-state index is 5.32. The number of nitrogens with two attached hydrogens (primary N) is 1. The van der Waals surface area contributed by atoms with Gasteiger partial charge in [-0.2, -0.15) is 5.10 Å². The van der Waals surface area contributed by atoms with Crippen molar-refractivity contribution in [1.29, 1.82) is 0 Å². The molecule has 0 heterocycles. The molecule has 0 aromatic carbocycles. The van der Waals surface area contributed by atoms with Gasteiger partial charge in [0.15, 0.2) is 0 Å². The second-order valence-electron chi connectivity index (χ2n) is 3.28. The van der Waals surface area contributed by atoms with Gasteiger partial charge in [0.2, 0.25) is 0 Å². The maximum Gasteiger partial charge on any atom is 0.0462 e. The zero-order valence-corrected chi connectivity index (χ0v) is 7.88. The fourth-order valence-corrected chi connectivity index (χ4v) is 1.76. The predicted molar refractivity (Wildman–Crippen MR) is 52.6 cm³/mol. The highest BCUT2D eigenvalue weighted by Crippen LogP contribution is 2.22. The first-order chi connectivity index (χ1) is 5.79. The Balaban J connectivity index is 2.72. The lowest BCUT2D eigenvalue weighted by Gasteiger charge is -2.22. The van der Waals surface area contributed by atoms with Crippen LogP contribution in [0.25, 0.3) is 0 Å². The number of nitrogens with zero attached hydrogens (tertiary/aromatic N) is 2. The van der Waals surface area contributed by atoms with Gasteiger partial charge >= 0.3 is 0 Å². The average Bonchev–Trinajstić information content (AvgIpc) is 2.16. The van der Waals surface area contributed by atoms with Gasteiger partial charge < -0.3 is 5.84 Å². The van der Waals surface area contributed by atoms with Crippen LogP contribution in [0.15, 0.2) is 10.1 Å². The van der Waals surface area contributed by atoms with Crippen molar-refractivity contribution in [3.63, 3.8) is 0 Å². The van der Waals surface area contributed by atoms with Gasteiger partial charge in [0, 0.05) is 24.4 Å². The highest BCUT2D eigenvalue weighted by Gasteiger charge is 2.22. The minimum Gasteiger partial charge on any atom is -0.323 e. The van der Waals surface area contributed by atoms with E-state index < -0.39 is 0 Å². The molecule has 0 saturated heterocycles. The van der Waals surface area contributed by atoms with E-state index in [-0.39, 0.29) is 0 Å². The van der Waals surface area contributed by atoms with E-state index in [1.165, 1.54) is 25.0 Å². The normalized spacial score (nSPS) is 29.3. The Morgan fingerprint density at radius 1 is 1.50 bits per heavy atom. The van der Waals surface area contributed by atoms with Gasteiger partial charge in [-0.15, -0.1) is 0 Å². The monoisotopic (exact) mass is 167 g/mol. The van der Waals surface area contributed by atoms with Crippen LogP contribution in [0, 0.1) is 5.92 Å². The molecule has 0 radical (unpaired) electrons. The van der Waals surface area contributed by atoms with Crippen molar-refractivity contribution in [2.24, 2.45) is 21.9 Å². The molecule has 0 spiro atoms. The van der Waals surface area contributed by atoms with E-state index in [0.29, 0.717) is 5.92 Å². The standard InChI is InChI=1S/C9H17N3/c1-7(11-2)8-5-3-4-6-9(8)12-10/h8H,3-6,10H2,1-2H3/b11-7?,12-9+. The zero-order chi connectivity index (χ0) is 8.97. The van der Waals surface area contributed by atoms with Crippen molar-refractivity contribution >= 4 is 11.4 Å². The Morgan fingerprint density at radius 3 is 2.83 bits per heavy atom. The fraction of sp³-hybridized carbons (Fsp3) is 0.778. The third-order valence-electron chi connectivity index (χ3n) is 2.60. The van der Waals surface area contributed by atoms with Gasteiger partial charge in [-0.05, 0) is 26.2 Å². The summed E-state index contributed by atoms with van der Waals surface area (Å²) in [5.74, 6) is 5.74. The van der Waals surface area contributed by atoms with Crippen molar-refractivity contribution in [3.05, 3.63) is 0 Å². The Morgan fingerprint density at radius 2 is 2.25 bits per heavy atom. The van der Waals surface area contributed by atoms with Crippen LogP contribution in [-0.4, -0.2) is 18.5 Å². The number of hydrogen-bond donors (Lipinski definition) is 1. The van der Waals surface area contributed by atoms with E-state index in [1.54, 1.807) is 0 Å². The topological polar surface area (TPSA) is 50.7 Å². The molecule has 1 saturated carbocycles. The molecule has 2 N–H and O–H groups in total. The summed E-state index contributed by atoms with van der Waals surface area (Å²) in [7, 11) is 1.83. The summed E-state index contributed by atoms with van der Waals surface area (Å²) in [4.78, 5) is 4.19. The van der Waals surface area contributed by atoms with Gasteiger partial charge in [-0.3, -0.25) is 4.99 Å². The van der Waals surface area contributed by atoms with Crippen molar-refractivity contribution in [1.82, 2.24) is 0 Å². The molecule has 0 aromatic rings. The number of hydrazone groups is 1. The van der Waals surface area contributed by atoms with Gasteiger partial charge in [0.05, 0.1) is 0 Å². The molecule has 0 bridgehead atoms. The van der Waals surface area contributed by atoms with Crippen LogP contribution in [0.3, 0.4) is 0 Å². The second kappa shape index (κ2) is 4.24. The van der Waals surface area contributed by atoms with E-state index in [0.717, 1.165) is 12.1 Å². The molecule has 1 unspecified atom stereocenters. The molecule has 68 valence electrons. The average molecular weight is 167 g/mol. The smallest absolute Gasteiger partial charge is 0.0462 e. The molecule has 1 atom stereocenters. The Bertz CT molecular complexity index is 206. The third kappa shape index (κ3) is 1.84. The Kier molecular flexibility index (Phi) is 3.26. The predicted octanol–water partition coefficient (Wildman–Crippen LogP) is 1.58. The van der Waals surface area contributed by atoms with Crippen LogP contribution in [0.2, 0.25) is 0 Å². The zero-order valence-electron chi connectivity index (χ0n) is 7.88. The quantitative estimate of drug-likeness (QED) is 0.360. The van der Waals surface area contributed by atoms with Crippen LogP contribution in [0.1, 0.15) is 32.6 Å². The summed E-state index contributed by atoms with van der Waals surface area (Å²) in [5, 5.41) is 3.83. The summed E-state index contributed by atoms with van der Waals surface area (Å²) >= 11 is 0. The van der Waals surface area contributed by atoms with Crippen LogP contribution >= 0.6 is 0 Å². The van der Waals surface area contributed by atoms with E-state index in [4.69, 9.17) is 5.84 Å². The maximum atomic E-state index is 5.32. The number of aliphatic imine (C=N–C) groups is 1. The van der Waals surface area contributed by atoms with Crippen molar-refractivity contribution in [2.75, 3.05) is 7.05 Å². The van der Waals surface area contributed by atoms with Crippen LogP contribution < -0.4 is 5.84 Å². The summed E-state index contributed by atoms with van der Waals surface area (Å²) in [6.07, 6.45) is 4.72. The minimum absolute atomic E-state index is 0.425. The molecule has 0 aromatic heterocycles. The van der Waals surface area contributed by atoms with E-state index >= 15 is 0 Å². The van der Waals surface area contributed by atoms with E-state index in [1.807, 2.05) is 7.05 Å². The molecule has 1 aliphatic carbocycles. The van der Waals surface area contributed by atoms with E-state index in [2.05, 4.69) is 17.0 Å². The molecule has 0 amide bonds. The lowest BCUT2D eigenvalue weighted by Crippen LogP contribution is -2.26. The van der Waals surface area contributed by atoms with Crippen molar-refractivity contribution < 1.29 is 0 Å². The summed E-state index contributed by atoms with van der Waals surface area (Å²) in [6, 6.07) is 0. The van der Waals surface area contributed by atoms with Crippen LogP contribution in [0.4, 0.5) is 0 Å². The van der Waals surface area contributed by atoms with Gasteiger partial charge in [0.1, 0.15) is 0 Å². The first-order valence-electron chi connectivity index (χ1n) is 4.49. The molecule has 0 aliphatic heterocycles. The van der Waals surface area contributed by atoms with Gasteiger partial charge in [-0.1, -0.05) is 6.42 Å². The molecule has 1 aliphatic rings. The Hall–Kier alpha value is -0.860. The van der Waals surface area contributed by atoms with Crippen LogP contribution in [0.5, 0.6) is 0 Å². The number of rotatable bonds is 1. The lowest BCUT2D eigenvalue weighted by atomic mass is 9.84. The highest BCUT2D eigenvalue weighted by molar-refractivity contribution is 6.06. The molecule has 1 fully saturated rings. The van der Waals surface area contributed by atoms with Crippen molar-refractivity contribution in [3.8, 4) is 0 Å². The van der Waals surface area contributed by atoms with Crippen molar-refractivity contribution in [2.45, 2.75) is 32.6 Å².